The molecule has 1 aromatic carbocycles. The van der Waals surface area contributed by atoms with Gasteiger partial charge in [0.05, 0.1) is 6.57 Å². The third kappa shape index (κ3) is 7.58. The van der Waals surface area contributed by atoms with Gasteiger partial charge in [0.1, 0.15) is 5.60 Å². The molecule has 1 rings (SSSR count). The highest BCUT2D eigenvalue weighted by Gasteiger charge is 2.14. The predicted octanol–water partition coefficient (Wildman–Crippen LogP) is 4.33. The normalized spacial score (nSPS) is 11.5. The molecule has 0 aliphatic carbocycles. The van der Waals surface area contributed by atoms with Crippen molar-refractivity contribution >= 4 is 17.9 Å². The smallest absolute Gasteiger partial charge is 0.407 e. The number of allylic oxidation sites excluding steroid dienone is 2. The van der Waals surface area contributed by atoms with Crippen LogP contribution in [0.4, 0.5) is 10.5 Å². The monoisotopic (exact) mass is 284 g/mol. The van der Waals surface area contributed by atoms with Crippen LogP contribution in [0.1, 0.15) is 26.3 Å². The van der Waals surface area contributed by atoms with Gasteiger partial charge in [0.15, 0.2) is 5.69 Å². The average Bonchev–Trinajstić information content (AvgIpc) is 2.41. The number of rotatable bonds is 4. The second kappa shape index (κ2) is 7.91. The summed E-state index contributed by atoms with van der Waals surface area (Å²) in [6.07, 6.45) is 7.06. The van der Waals surface area contributed by atoms with Crippen molar-refractivity contribution in [3.63, 3.8) is 0 Å². The van der Waals surface area contributed by atoms with Gasteiger partial charge in [-0.3, -0.25) is 0 Å². The Labute approximate surface area is 125 Å². The molecule has 1 amide bonds. The fourth-order valence-corrected chi connectivity index (χ4v) is 1.43. The van der Waals surface area contributed by atoms with E-state index >= 15 is 0 Å². The fourth-order valence-electron chi connectivity index (χ4n) is 1.43. The van der Waals surface area contributed by atoms with Gasteiger partial charge < -0.3 is 10.1 Å². The number of hydrogen-bond acceptors (Lipinski definition) is 2. The Balaban J connectivity index is 2.33. The summed E-state index contributed by atoms with van der Waals surface area (Å²) in [5.74, 6) is 0. The van der Waals surface area contributed by atoms with E-state index in [4.69, 9.17) is 11.3 Å². The lowest BCUT2D eigenvalue weighted by molar-refractivity contribution is 0.0534. The maximum absolute atomic E-state index is 11.4. The van der Waals surface area contributed by atoms with Crippen molar-refractivity contribution in [2.75, 3.05) is 6.54 Å². The van der Waals surface area contributed by atoms with Gasteiger partial charge >= 0.3 is 6.09 Å². The van der Waals surface area contributed by atoms with E-state index in [1.54, 1.807) is 12.1 Å². The van der Waals surface area contributed by atoms with Crippen LogP contribution < -0.4 is 5.32 Å². The minimum atomic E-state index is -0.481. The number of carbonyl (C=O) groups is 1. The fraction of sp³-hybridized carbons (Fsp3) is 0.294. The van der Waals surface area contributed by atoms with Crippen LogP contribution in [-0.2, 0) is 4.74 Å². The van der Waals surface area contributed by atoms with Gasteiger partial charge in [-0.15, -0.1) is 0 Å². The molecule has 0 heterocycles. The summed E-state index contributed by atoms with van der Waals surface area (Å²) in [4.78, 5) is 14.7. The number of alkyl carbamates (subject to hydrolysis) is 1. The largest absolute Gasteiger partial charge is 0.444 e. The first-order valence-corrected chi connectivity index (χ1v) is 6.68. The highest BCUT2D eigenvalue weighted by molar-refractivity contribution is 5.67. The standard InChI is InChI=1S/C17H20N2O2/c1-17(2,3)21-16(20)19-13-7-5-6-8-14-9-11-15(18-4)12-10-14/h5-12H,13H2,1-3H3,(H,19,20)/b7-5+,8-6?. The first-order chi connectivity index (χ1) is 9.90. The molecule has 0 fully saturated rings. The molecule has 0 saturated carbocycles. The third-order valence-corrected chi connectivity index (χ3v) is 2.32. The minimum Gasteiger partial charge on any atom is -0.444 e. The van der Waals surface area contributed by atoms with Gasteiger partial charge in [-0.1, -0.05) is 48.6 Å². The maximum atomic E-state index is 11.4. The molecule has 0 radical (unpaired) electrons. The quantitative estimate of drug-likeness (QED) is 0.660. The SMILES string of the molecule is [C-]#[N+]c1ccc(C=C/C=C/CNC(=O)OC(C)(C)C)cc1. The Bertz CT molecular complexity index is 558. The molecular weight excluding hydrogens is 264 g/mol. The van der Waals surface area contributed by atoms with Crippen LogP contribution in [-0.4, -0.2) is 18.2 Å². The van der Waals surface area contributed by atoms with Gasteiger partial charge in [-0.2, -0.15) is 0 Å². The number of hydrogen-bond donors (Lipinski definition) is 1. The molecule has 0 saturated heterocycles. The molecule has 21 heavy (non-hydrogen) atoms. The van der Waals surface area contributed by atoms with Crippen molar-refractivity contribution in [1.82, 2.24) is 5.32 Å². The molecule has 4 heteroatoms. The zero-order valence-electron chi connectivity index (χ0n) is 12.6. The van der Waals surface area contributed by atoms with Crippen molar-refractivity contribution in [3.8, 4) is 0 Å². The summed E-state index contributed by atoms with van der Waals surface area (Å²) >= 11 is 0. The van der Waals surface area contributed by atoms with E-state index in [1.165, 1.54) is 0 Å². The molecule has 0 aliphatic heterocycles. The highest BCUT2D eigenvalue weighted by atomic mass is 16.6. The zero-order valence-corrected chi connectivity index (χ0v) is 12.6. The van der Waals surface area contributed by atoms with Crippen LogP contribution >= 0.6 is 0 Å². The molecule has 0 bridgehead atoms. The van der Waals surface area contributed by atoms with E-state index in [-0.39, 0.29) is 0 Å². The zero-order chi connectivity index (χ0) is 15.7. The molecule has 0 aliphatic rings. The Hall–Kier alpha value is -2.54. The van der Waals surface area contributed by atoms with Gasteiger partial charge in [0.2, 0.25) is 0 Å². The summed E-state index contributed by atoms with van der Waals surface area (Å²) in [5.41, 5.74) is 1.17. The van der Waals surface area contributed by atoms with E-state index in [9.17, 15) is 4.79 Å². The van der Waals surface area contributed by atoms with Crippen molar-refractivity contribution < 1.29 is 9.53 Å². The summed E-state index contributed by atoms with van der Waals surface area (Å²) in [6.45, 7) is 12.8. The van der Waals surface area contributed by atoms with Crippen LogP contribution in [0, 0.1) is 6.57 Å². The van der Waals surface area contributed by atoms with Crippen LogP contribution in [0.2, 0.25) is 0 Å². The second-order valence-corrected chi connectivity index (χ2v) is 5.37. The molecule has 1 aromatic rings. The lowest BCUT2D eigenvalue weighted by Gasteiger charge is -2.19. The van der Waals surface area contributed by atoms with Crippen molar-refractivity contribution in [1.29, 1.82) is 0 Å². The highest BCUT2D eigenvalue weighted by Crippen LogP contribution is 2.13. The van der Waals surface area contributed by atoms with Gasteiger partial charge in [-0.25, -0.2) is 9.64 Å². The van der Waals surface area contributed by atoms with Crippen LogP contribution in [0.15, 0.2) is 42.5 Å². The van der Waals surface area contributed by atoms with Crippen LogP contribution in [0.3, 0.4) is 0 Å². The van der Waals surface area contributed by atoms with E-state index in [0.717, 1.165) is 5.56 Å². The molecule has 0 unspecified atom stereocenters. The number of benzene rings is 1. The first kappa shape index (κ1) is 16.5. The lowest BCUT2D eigenvalue weighted by atomic mass is 10.2. The molecule has 0 atom stereocenters. The van der Waals surface area contributed by atoms with E-state index in [0.29, 0.717) is 12.2 Å². The lowest BCUT2D eigenvalue weighted by Crippen LogP contribution is -2.32. The molecule has 0 aromatic heterocycles. The van der Waals surface area contributed by atoms with Crippen molar-refractivity contribution in [2.24, 2.45) is 0 Å². The summed E-state index contributed by atoms with van der Waals surface area (Å²) in [6, 6.07) is 7.33. The summed E-state index contributed by atoms with van der Waals surface area (Å²) in [5, 5.41) is 2.64. The minimum absolute atomic E-state index is 0.413. The summed E-state index contributed by atoms with van der Waals surface area (Å²) < 4.78 is 5.11. The average molecular weight is 284 g/mol. The Morgan fingerprint density at radius 2 is 1.95 bits per heavy atom. The predicted molar refractivity (Wildman–Crippen MR) is 85.1 cm³/mol. The molecular formula is C17H20N2O2. The van der Waals surface area contributed by atoms with Crippen molar-refractivity contribution in [2.45, 2.75) is 26.4 Å². The van der Waals surface area contributed by atoms with E-state index in [1.807, 2.05) is 57.2 Å². The number of carbonyl (C=O) groups excluding carboxylic acids is 1. The second-order valence-electron chi connectivity index (χ2n) is 5.37. The van der Waals surface area contributed by atoms with Gasteiger partial charge in [-0.05, 0) is 26.3 Å². The number of amides is 1. The number of ether oxygens (including phenoxy) is 1. The molecule has 110 valence electrons. The molecule has 1 N–H and O–H groups in total. The Kier molecular flexibility index (Phi) is 6.22. The van der Waals surface area contributed by atoms with Crippen LogP contribution in [0.25, 0.3) is 10.9 Å². The van der Waals surface area contributed by atoms with Gasteiger partial charge in [0, 0.05) is 6.54 Å². The molecule has 0 spiro atoms. The Morgan fingerprint density at radius 3 is 2.52 bits per heavy atom. The van der Waals surface area contributed by atoms with Crippen LogP contribution in [0.5, 0.6) is 0 Å². The van der Waals surface area contributed by atoms with E-state index < -0.39 is 11.7 Å². The maximum Gasteiger partial charge on any atom is 0.407 e. The topological polar surface area (TPSA) is 42.7 Å². The van der Waals surface area contributed by atoms with E-state index in [2.05, 4.69) is 10.2 Å². The number of nitrogens with one attached hydrogen (secondary N) is 1. The number of nitrogens with zero attached hydrogens (tertiary/aromatic N) is 1. The first-order valence-electron chi connectivity index (χ1n) is 6.68. The van der Waals surface area contributed by atoms with Gasteiger partial charge in [0.25, 0.3) is 0 Å². The van der Waals surface area contributed by atoms with Crippen molar-refractivity contribution in [3.05, 3.63) is 59.5 Å². The summed E-state index contributed by atoms with van der Waals surface area (Å²) in [7, 11) is 0. The Morgan fingerprint density at radius 1 is 1.29 bits per heavy atom. The molecule has 4 nitrogen and oxygen atoms in total. The third-order valence-electron chi connectivity index (χ3n) is 2.32.